The van der Waals surface area contributed by atoms with E-state index in [1.54, 1.807) is 0 Å². The number of alkyl halides is 3. The summed E-state index contributed by atoms with van der Waals surface area (Å²) in [7, 11) is 0. The molecule has 9 heteroatoms. The van der Waals surface area contributed by atoms with Gasteiger partial charge in [0.05, 0.1) is 10.5 Å². The van der Waals surface area contributed by atoms with Gasteiger partial charge < -0.3 is 11.1 Å². The lowest BCUT2D eigenvalue weighted by Gasteiger charge is -2.10. The standard InChI is InChI=1S/C10H12F3N3O2.ClH/c11-10(12,13)7-2-3-8(15-5-1-4-14)9(6-7)16(17)18;/h2-3,6,15H,1,4-5,14H2;1H. The number of nitrogens with zero attached hydrogens (tertiary/aromatic N) is 1. The zero-order valence-electron chi connectivity index (χ0n) is 9.74. The normalized spacial score (nSPS) is 10.7. The predicted octanol–water partition coefficient (Wildman–Crippen LogP) is 2.80. The maximum absolute atomic E-state index is 12.4. The predicted molar refractivity (Wildman–Crippen MR) is 67.5 cm³/mol. The Balaban J connectivity index is 0.00000324. The average Bonchev–Trinajstić information content (AvgIpc) is 2.28. The van der Waals surface area contributed by atoms with Crippen LogP contribution in [0.2, 0.25) is 0 Å². The fraction of sp³-hybridized carbons (Fsp3) is 0.400. The molecule has 0 bridgehead atoms. The Morgan fingerprint density at radius 3 is 2.47 bits per heavy atom. The minimum atomic E-state index is -4.60. The monoisotopic (exact) mass is 299 g/mol. The van der Waals surface area contributed by atoms with Crippen LogP contribution in [0.1, 0.15) is 12.0 Å². The number of anilines is 1. The summed E-state index contributed by atoms with van der Waals surface area (Å²) in [6, 6.07) is 2.38. The van der Waals surface area contributed by atoms with Gasteiger partial charge in [-0.2, -0.15) is 13.2 Å². The molecular weight excluding hydrogens is 287 g/mol. The first-order valence-electron chi connectivity index (χ1n) is 5.16. The summed E-state index contributed by atoms with van der Waals surface area (Å²) >= 11 is 0. The average molecular weight is 300 g/mol. The van der Waals surface area contributed by atoms with Crippen LogP contribution in [-0.2, 0) is 6.18 Å². The first-order chi connectivity index (χ1) is 8.36. The summed E-state index contributed by atoms with van der Waals surface area (Å²) in [6.07, 6.45) is -4.03. The molecule has 0 aromatic heterocycles. The van der Waals surface area contributed by atoms with Gasteiger partial charge in [-0.15, -0.1) is 12.4 Å². The van der Waals surface area contributed by atoms with Crippen molar-refractivity contribution in [2.24, 2.45) is 5.73 Å². The summed E-state index contributed by atoms with van der Waals surface area (Å²) in [4.78, 5) is 9.86. The number of halogens is 4. The number of benzene rings is 1. The molecule has 0 aliphatic rings. The number of nitro groups is 1. The van der Waals surface area contributed by atoms with Crippen LogP contribution in [0.5, 0.6) is 0 Å². The van der Waals surface area contributed by atoms with Crippen LogP contribution in [0, 0.1) is 10.1 Å². The topological polar surface area (TPSA) is 81.2 Å². The summed E-state index contributed by atoms with van der Waals surface area (Å²) in [5, 5.41) is 13.4. The summed E-state index contributed by atoms with van der Waals surface area (Å²) in [6.45, 7) is 0.754. The van der Waals surface area contributed by atoms with Gasteiger partial charge in [0.15, 0.2) is 0 Å². The number of rotatable bonds is 5. The molecule has 5 nitrogen and oxygen atoms in total. The SMILES string of the molecule is Cl.NCCCNc1ccc(C(F)(F)F)cc1[N+](=O)[O-]. The summed E-state index contributed by atoms with van der Waals surface area (Å²) in [5.41, 5.74) is 3.67. The highest BCUT2D eigenvalue weighted by atomic mass is 35.5. The lowest BCUT2D eigenvalue weighted by atomic mass is 10.1. The van der Waals surface area contributed by atoms with E-state index in [0.29, 0.717) is 25.6 Å². The van der Waals surface area contributed by atoms with Crippen molar-refractivity contribution >= 4 is 23.8 Å². The number of hydrogen-bond acceptors (Lipinski definition) is 4. The minimum absolute atomic E-state index is 0. The Morgan fingerprint density at radius 1 is 1.37 bits per heavy atom. The van der Waals surface area contributed by atoms with Gasteiger partial charge in [-0.25, -0.2) is 0 Å². The van der Waals surface area contributed by atoms with Crippen LogP contribution in [0.15, 0.2) is 18.2 Å². The van der Waals surface area contributed by atoms with Crippen molar-refractivity contribution in [1.82, 2.24) is 0 Å². The van der Waals surface area contributed by atoms with E-state index >= 15 is 0 Å². The number of hydrogen-bond donors (Lipinski definition) is 2. The van der Waals surface area contributed by atoms with E-state index in [0.717, 1.165) is 12.1 Å². The van der Waals surface area contributed by atoms with Crippen molar-refractivity contribution in [3.63, 3.8) is 0 Å². The van der Waals surface area contributed by atoms with E-state index in [2.05, 4.69) is 5.32 Å². The Kier molecular flexibility index (Phi) is 6.57. The zero-order valence-corrected chi connectivity index (χ0v) is 10.6. The molecule has 0 atom stereocenters. The first kappa shape index (κ1) is 17.5. The molecule has 1 rings (SSSR count). The largest absolute Gasteiger partial charge is 0.416 e. The lowest BCUT2D eigenvalue weighted by Crippen LogP contribution is -2.11. The van der Waals surface area contributed by atoms with Crippen LogP contribution in [0.3, 0.4) is 0 Å². The van der Waals surface area contributed by atoms with Gasteiger partial charge in [-0.05, 0) is 25.1 Å². The molecule has 0 amide bonds. The Bertz CT molecular complexity index is 441. The number of nitrogens with two attached hydrogens (primary N) is 1. The van der Waals surface area contributed by atoms with Crippen LogP contribution >= 0.6 is 12.4 Å². The molecule has 0 saturated heterocycles. The van der Waals surface area contributed by atoms with Crippen molar-refractivity contribution in [1.29, 1.82) is 0 Å². The second-order valence-electron chi connectivity index (χ2n) is 3.56. The molecule has 1 aromatic carbocycles. The molecule has 0 aliphatic heterocycles. The van der Waals surface area contributed by atoms with E-state index in [4.69, 9.17) is 5.73 Å². The quantitative estimate of drug-likeness (QED) is 0.497. The number of nitrogens with one attached hydrogen (secondary N) is 1. The molecule has 0 saturated carbocycles. The van der Waals surface area contributed by atoms with Crippen LogP contribution < -0.4 is 11.1 Å². The molecule has 0 radical (unpaired) electrons. The molecule has 108 valence electrons. The van der Waals surface area contributed by atoms with E-state index in [1.807, 2.05) is 0 Å². The van der Waals surface area contributed by atoms with Gasteiger partial charge in [0.25, 0.3) is 5.69 Å². The molecule has 0 fully saturated rings. The number of nitro benzene ring substituents is 1. The Hall–Kier alpha value is -1.54. The zero-order chi connectivity index (χ0) is 13.8. The lowest BCUT2D eigenvalue weighted by molar-refractivity contribution is -0.384. The van der Waals surface area contributed by atoms with Crippen molar-refractivity contribution in [2.75, 3.05) is 18.4 Å². The van der Waals surface area contributed by atoms with Gasteiger partial charge in [0.1, 0.15) is 5.69 Å². The van der Waals surface area contributed by atoms with E-state index < -0.39 is 22.4 Å². The van der Waals surface area contributed by atoms with E-state index in [9.17, 15) is 23.3 Å². The highest BCUT2D eigenvalue weighted by Gasteiger charge is 2.32. The fourth-order valence-corrected chi connectivity index (χ4v) is 1.33. The summed E-state index contributed by atoms with van der Waals surface area (Å²) < 4.78 is 37.2. The second-order valence-corrected chi connectivity index (χ2v) is 3.56. The van der Waals surface area contributed by atoms with Crippen LogP contribution in [0.25, 0.3) is 0 Å². The van der Waals surface area contributed by atoms with Gasteiger partial charge in [0, 0.05) is 12.6 Å². The van der Waals surface area contributed by atoms with E-state index in [-0.39, 0.29) is 18.1 Å². The van der Waals surface area contributed by atoms with Crippen LogP contribution in [-0.4, -0.2) is 18.0 Å². The maximum atomic E-state index is 12.4. The highest BCUT2D eigenvalue weighted by molar-refractivity contribution is 5.85. The molecule has 0 unspecified atom stereocenters. The van der Waals surface area contributed by atoms with Crippen molar-refractivity contribution in [3.05, 3.63) is 33.9 Å². The van der Waals surface area contributed by atoms with Crippen molar-refractivity contribution < 1.29 is 18.1 Å². The highest BCUT2D eigenvalue weighted by Crippen LogP contribution is 2.34. The van der Waals surface area contributed by atoms with Gasteiger partial charge in [-0.1, -0.05) is 0 Å². The first-order valence-corrected chi connectivity index (χ1v) is 5.16. The molecule has 0 spiro atoms. The van der Waals surface area contributed by atoms with Crippen molar-refractivity contribution in [2.45, 2.75) is 12.6 Å². The minimum Gasteiger partial charge on any atom is -0.379 e. The third kappa shape index (κ3) is 4.92. The van der Waals surface area contributed by atoms with Gasteiger partial charge >= 0.3 is 6.18 Å². The molecule has 1 aromatic rings. The van der Waals surface area contributed by atoms with Gasteiger partial charge in [-0.3, -0.25) is 10.1 Å². The van der Waals surface area contributed by atoms with Gasteiger partial charge in [0.2, 0.25) is 0 Å². The summed E-state index contributed by atoms with van der Waals surface area (Å²) in [5.74, 6) is 0. The van der Waals surface area contributed by atoms with Crippen LogP contribution in [0.4, 0.5) is 24.5 Å². The molecular formula is C10H13ClF3N3O2. The fourth-order valence-electron chi connectivity index (χ4n) is 1.33. The third-order valence-electron chi connectivity index (χ3n) is 2.22. The molecule has 3 N–H and O–H groups in total. The smallest absolute Gasteiger partial charge is 0.379 e. The van der Waals surface area contributed by atoms with Crippen molar-refractivity contribution in [3.8, 4) is 0 Å². The maximum Gasteiger partial charge on any atom is 0.416 e. The third-order valence-corrected chi connectivity index (χ3v) is 2.22. The molecule has 19 heavy (non-hydrogen) atoms. The Labute approximate surface area is 113 Å². The Morgan fingerprint density at radius 2 is 2.00 bits per heavy atom. The molecule has 0 heterocycles. The second kappa shape index (κ2) is 7.15. The molecule has 0 aliphatic carbocycles. The van der Waals surface area contributed by atoms with E-state index in [1.165, 1.54) is 0 Å².